The molecule has 5 nitrogen and oxygen atoms in total. The molecule has 1 aromatic rings. The van der Waals surface area contributed by atoms with Gasteiger partial charge in [-0.3, -0.25) is 9.69 Å². The van der Waals surface area contributed by atoms with Crippen molar-refractivity contribution in [3.8, 4) is 5.75 Å². The fraction of sp³-hybridized carbons (Fsp3) is 0.500. The molecule has 1 heterocycles. The molecule has 5 heteroatoms. The van der Waals surface area contributed by atoms with Gasteiger partial charge in [0.2, 0.25) is 0 Å². The number of hydrogen-bond acceptors (Lipinski definition) is 5. The van der Waals surface area contributed by atoms with E-state index in [9.17, 15) is 9.90 Å². The topological polar surface area (TPSA) is 61.8 Å². The van der Waals surface area contributed by atoms with Crippen LogP contribution in [0.3, 0.4) is 0 Å². The molecule has 0 radical (unpaired) electrons. The molecule has 1 aliphatic heterocycles. The first-order valence-corrected chi connectivity index (χ1v) is 6.54. The highest BCUT2D eigenvalue weighted by molar-refractivity contribution is 5.69. The minimum Gasteiger partial charge on any atom is -0.427 e. The lowest BCUT2D eigenvalue weighted by atomic mass is 10.0. The van der Waals surface area contributed by atoms with E-state index in [4.69, 9.17) is 4.74 Å². The number of esters is 1. The van der Waals surface area contributed by atoms with Gasteiger partial charge in [0, 0.05) is 33.1 Å². The maximum absolute atomic E-state index is 11.0. The van der Waals surface area contributed by atoms with Gasteiger partial charge in [0.05, 0.1) is 12.6 Å². The van der Waals surface area contributed by atoms with Crippen molar-refractivity contribution in [1.29, 1.82) is 0 Å². The molecule has 0 aliphatic carbocycles. The summed E-state index contributed by atoms with van der Waals surface area (Å²) in [6, 6.07) is 7.33. The maximum atomic E-state index is 11.0. The lowest BCUT2D eigenvalue weighted by Crippen LogP contribution is -2.46. The Balaban J connectivity index is 2.15. The zero-order valence-electron chi connectivity index (χ0n) is 11.1. The van der Waals surface area contributed by atoms with E-state index >= 15 is 0 Å². The van der Waals surface area contributed by atoms with Crippen molar-refractivity contribution in [3.63, 3.8) is 0 Å². The number of piperazine rings is 1. The highest BCUT2D eigenvalue weighted by Crippen LogP contribution is 2.24. The van der Waals surface area contributed by atoms with E-state index in [0.717, 1.165) is 31.7 Å². The Morgan fingerprint density at radius 2 is 2.21 bits per heavy atom. The molecule has 0 unspecified atom stereocenters. The molecular weight excluding hydrogens is 244 g/mol. The second-order valence-corrected chi connectivity index (χ2v) is 4.65. The molecule has 0 spiro atoms. The van der Waals surface area contributed by atoms with Crippen LogP contribution in [0.25, 0.3) is 0 Å². The molecule has 1 atom stereocenters. The van der Waals surface area contributed by atoms with Gasteiger partial charge < -0.3 is 15.2 Å². The summed E-state index contributed by atoms with van der Waals surface area (Å²) in [5.41, 5.74) is 0.975. The van der Waals surface area contributed by atoms with Crippen LogP contribution >= 0.6 is 0 Å². The quantitative estimate of drug-likeness (QED) is 0.614. The van der Waals surface area contributed by atoms with Gasteiger partial charge in [0.15, 0.2) is 0 Å². The van der Waals surface area contributed by atoms with Gasteiger partial charge in [-0.25, -0.2) is 0 Å². The predicted molar refractivity (Wildman–Crippen MR) is 72.0 cm³/mol. The third-order valence-corrected chi connectivity index (χ3v) is 3.27. The van der Waals surface area contributed by atoms with Crippen LogP contribution in [0.1, 0.15) is 18.5 Å². The second-order valence-electron chi connectivity index (χ2n) is 4.65. The molecule has 1 aliphatic rings. The molecule has 2 N–H and O–H groups in total. The third-order valence-electron chi connectivity index (χ3n) is 3.27. The number of ether oxygens (including phenoxy) is 1. The van der Waals surface area contributed by atoms with Crippen molar-refractivity contribution < 1.29 is 14.6 Å². The van der Waals surface area contributed by atoms with E-state index in [1.165, 1.54) is 6.92 Å². The molecular formula is C14H20N2O3. The summed E-state index contributed by atoms with van der Waals surface area (Å²) in [6.45, 7) is 5.11. The minimum atomic E-state index is -0.333. The van der Waals surface area contributed by atoms with Gasteiger partial charge in [0.25, 0.3) is 0 Å². The smallest absolute Gasteiger partial charge is 0.308 e. The van der Waals surface area contributed by atoms with Gasteiger partial charge in [0.1, 0.15) is 5.75 Å². The van der Waals surface area contributed by atoms with Crippen molar-refractivity contribution in [2.24, 2.45) is 0 Å². The summed E-state index contributed by atoms with van der Waals surface area (Å²) in [5, 5.41) is 12.9. The van der Waals surface area contributed by atoms with Crippen LogP contribution in [0, 0.1) is 0 Å². The Kier molecular flexibility index (Phi) is 4.90. The number of benzene rings is 1. The number of nitrogens with one attached hydrogen (secondary N) is 1. The average molecular weight is 264 g/mol. The molecule has 104 valence electrons. The Bertz CT molecular complexity index is 430. The van der Waals surface area contributed by atoms with Crippen molar-refractivity contribution in [1.82, 2.24) is 10.2 Å². The largest absolute Gasteiger partial charge is 0.427 e. The molecule has 0 amide bonds. The van der Waals surface area contributed by atoms with Crippen molar-refractivity contribution in [3.05, 3.63) is 29.8 Å². The molecule has 2 rings (SSSR count). The van der Waals surface area contributed by atoms with Crippen LogP contribution in [0.15, 0.2) is 24.3 Å². The van der Waals surface area contributed by atoms with Crippen molar-refractivity contribution in [2.75, 3.05) is 32.8 Å². The highest BCUT2D eigenvalue weighted by atomic mass is 16.5. The number of nitrogens with zero attached hydrogens (tertiary/aromatic N) is 1. The van der Waals surface area contributed by atoms with Gasteiger partial charge in [-0.15, -0.1) is 0 Å². The fourth-order valence-corrected chi connectivity index (χ4v) is 2.38. The SMILES string of the molecule is CC(=O)Oc1cccc([C@@H](CO)N2CCNCC2)c1. The third kappa shape index (κ3) is 3.76. The highest BCUT2D eigenvalue weighted by Gasteiger charge is 2.21. The van der Waals surface area contributed by atoms with Gasteiger partial charge in [-0.2, -0.15) is 0 Å². The molecule has 1 fully saturated rings. The number of carbonyl (C=O) groups excluding carboxylic acids is 1. The van der Waals surface area contributed by atoms with Crippen LogP contribution in [0.2, 0.25) is 0 Å². The molecule has 0 bridgehead atoms. The Morgan fingerprint density at radius 3 is 2.84 bits per heavy atom. The number of carbonyl (C=O) groups is 1. The normalized spacial score (nSPS) is 18.0. The predicted octanol–water partition coefficient (Wildman–Crippen LogP) is 0.550. The average Bonchev–Trinajstić information content (AvgIpc) is 2.40. The first kappa shape index (κ1) is 14.0. The monoisotopic (exact) mass is 264 g/mol. The van der Waals surface area contributed by atoms with Crippen LogP contribution in [-0.2, 0) is 4.79 Å². The molecule has 0 saturated carbocycles. The summed E-state index contributed by atoms with van der Waals surface area (Å²) >= 11 is 0. The lowest BCUT2D eigenvalue weighted by Gasteiger charge is -2.34. The standard InChI is InChI=1S/C14H20N2O3/c1-11(18)19-13-4-2-3-12(9-13)14(10-17)16-7-5-15-6-8-16/h2-4,9,14-15,17H,5-8,10H2,1H3/t14-/m1/s1. The minimum absolute atomic E-state index is 0.0439. The van der Waals surface area contributed by atoms with E-state index in [-0.39, 0.29) is 18.6 Å². The fourth-order valence-electron chi connectivity index (χ4n) is 2.38. The van der Waals surface area contributed by atoms with E-state index in [1.54, 1.807) is 6.07 Å². The van der Waals surface area contributed by atoms with Crippen LogP contribution in [-0.4, -0.2) is 48.8 Å². The van der Waals surface area contributed by atoms with Crippen molar-refractivity contribution >= 4 is 5.97 Å². The summed E-state index contributed by atoms with van der Waals surface area (Å²) in [5.74, 6) is 0.193. The maximum Gasteiger partial charge on any atom is 0.308 e. The van der Waals surface area contributed by atoms with Crippen molar-refractivity contribution in [2.45, 2.75) is 13.0 Å². The number of hydrogen-bond donors (Lipinski definition) is 2. The van der Waals surface area contributed by atoms with E-state index in [2.05, 4.69) is 10.2 Å². The van der Waals surface area contributed by atoms with Gasteiger partial charge in [-0.1, -0.05) is 12.1 Å². The molecule has 19 heavy (non-hydrogen) atoms. The first-order chi connectivity index (χ1) is 9.20. The van der Waals surface area contributed by atoms with Crippen LogP contribution < -0.4 is 10.1 Å². The molecule has 1 aromatic carbocycles. The number of aliphatic hydroxyl groups excluding tert-OH is 1. The summed E-state index contributed by atoms with van der Waals surface area (Å²) in [4.78, 5) is 13.2. The van der Waals surface area contributed by atoms with E-state index < -0.39 is 0 Å². The van der Waals surface area contributed by atoms with Crippen LogP contribution in [0.4, 0.5) is 0 Å². The van der Waals surface area contributed by atoms with E-state index in [1.807, 2.05) is 18.2 Å². The number of aliphatic hydroxyl groups is 1. The summed E-state index contributed by atoms with van der Waals surface area (Å²) in [6.07, 6.45) is 0. The van der Waals surface area contributed by atoms with E-state index in [0.29, 0.717) is 5.75 Å². The van der Waals surface area contributed by atoms with Gasteiger partial charge >= 0.3 is 5.97 Å². The zero-order chi connectivity index (χ0) is 13.7. The van der Waals surface area contributed by atoms with Gasteiger partial charge in [-0.05, 0) is 17.7 Å². The molecule has 1 saturated heterocycles. The Hall–Kier alpha value is -1.43. The second kappa shape index (κ2) is 6.65. The lowest BCUT2D eigenvalue weighted by molar-refractivity contribution is -0.131. The zero-order valence-corrected chi connectivity index (χ0v) is 11.1. The summed E-state index contributed by atoms with van der Waals surface area (Å²) < 4.78 is 5.09. The number of rotatable bonds is 4. The first-order valence-electron chi connectivity index (χ1n) is 6.54. The Morgan fingerprint density at radius 1 is 1.47 bits per heavy atom. The van der Waals surface area contributed by atoms with Crippen LogP contribution in [0.5, 0.6) is 5.75 Å². The summed E-state index contributed by atoms with van der Waals surface area (Å²) in [7, 11) is 0. The molecule has 0 aromatic heterocycles. The Labute approximate surface area is 113 Å².